The van der Waals surface area contributed by atoms with Gasteiger partial charge in [0, 0.05) is 12.6 Å². The molecule has 0 saturated heterocycles. The summed E-state index contributed by atoms with van der Waals surface area (Å²) in [5.74, 6) is 0.0265. The maximum atomic E-state index is 11.6. The molecule has 1 aromatic carbocycles. The summed E-state index contributed by atoms with van der Waals surface area (Å²) in [7, 11) is 2.43. The van der Waals surface area contributed by atoms with E-state index in [1.165, 1.54) is 30.7 Å². The summed E-state index contributed by atoms with van der Waals surface area (Å²) in [6, 6.07) is 7.90. The number of hydrogen-bond acceptors (Lipinski definition) is 1. The van der Waals surface area contributed by atoms with Crippen LogP contribution in [-0.2, 0) is 0 Å². The summed E-state index contributed by atoms with van der Waals surface area (Å²) in [6.07, 6.45) is 5.00. The Morgan fingerprint density at radius 1 is 1.31 bits per heavy atom. The number of benzene rings is 1. The molecule has 1 unspecified atom stereocenters. The molecule has 0 spiro atoms. The number of amides is 1. The van der Waals surface area contributed by atoms with E-state index in [2.05, 4.69) is 18.3 Å². The molecular weight excluding hydrogens is 217 g/mol. The van der Waals surface area contributed by atoms with Gasteiger partial charge in [-0.2, -0.15) is 0 Å². The Bertz CT molecular complexity index is 338. The summed E-state index contributed by atoms with van der Waals surface area (Å²) < 4.78 is 0. The van der Waals surface area contributed by atoms with Gasteiger partial charge in [0.2, 0.25) is 0 Å². The van der Waals surface area contributed by atoms with Crippen LogP contribution in [0.15, 0.2) is 24.3 Å². The predicted octanol–water partition coefficient (Wildman–Crippen LogP) is 2.54. The van der Waals surface area contributed by atoms with E-state index >= 15 is 0 Å². The number of carbonyl (C=O) groups excluding carboxylic acids is 1. The van der Waals surface area contributed by atoms with Crippen LogP contribution in [0.3, 0.4) is 0 Å². The van der Waals surface area contributed by atoms with E-state index in [9.17, 15) is 4.79 Å². The number of carbonyl (C=O) groups is 1. The van der Waals surface area contributed by atoms with Crippen molar-refractivity contribution >= 4 is 19.8 Å². The van der Waals surface area contributed by atoms with Crippen LogP contribution in [0.2, 0.25) is 0 Å². The highest BCUT2D eigenvalue weighted by atomic mass is 31.1. The van der Waals surface area contributed by atoms with Gasteiger partial charge in [0.05, 0.1) is 0 Å². The van der Waals surface area contributed by atoms with Crippen molar-refractivity contribution in [3.8, 4) is 0 Å². The Kier molecular flexibility index (Phi) is 6.10. The molecule has 1 N–H and O–H groups in total. The molecule has 0 aliphatic carbocycles. The van der Waals surface area contributed by atoms with Crippen LogP contribution in [0.5, 0.6) is 0 Å². The maximum absolute atomic E-state index is 11.6. The highest BCUT2D eigenvalue weighted by Crippen LogP contribution is 2.16. The zero-order chi connectivity index (χ0) is 11.8. The molecule has 88 valence electrons. The second-order valence-electron chi connectivity index (χ2n) is 3.76. The summed E-state index contributed by atoms with van der Waals surface area (Å²) in [5.41, 5.74) is 0.833. The third-order valence-electron chi connectivity index (χ3n) is 2.49. The Morgan fingerprint density at radius 3 is 2.75 bits per heavy atom. The quantitative estimate of drug-likeness (QED) is 0.598. The van der Waals surface area contributed by atoms with Crippen molar-refractivity contribution in [1.29, 1.82) is 0 Å². The highest BCUT2D eigenvalue weighted by molar-refractivity contribution is 7.47. The fraction of sp³-hybridized carbons (Fsp3) is 0.462. The summed E-state index contributed by atoms with van der Waals surface area (Å²) >= 11 is 0. The van der Waals surface area contributed by atoms with Gasteiger partial charge in [0.15, 0.2) is 0 Å². The lowest BCUT2D eigenvalue weighted by Crippen LogP contribution is -2.23. The van der Waals surface area contributed by atoms with Gasteiger partial charge in [-0.25, -0.2) is 0 Å². The van der Waals surface area contributed by atoms with Crippen molar-refractivity contribution < 1.29 is 4.79 Å². The van der Waals surface area contributed by atoms with Gasteiger partial charge >= 0.3 is 0 Å². The minimum atomic E-state index is 0.0265. The lowest BCUT2D eigenvalue weighted by molar-refractivity contribution is 0.0964. The van der Waals surface area contributed by atoms with Crippen molar-refractivity contribution in [3.05, 3.63) is 29.8 Å². The molecule has 1 atom stereocenters. The second kappa shape index (κ2) is 7.40. The number of nitrogens with one attached hydrogen (secondary N) is 1. The zero-order valence-corrected chi connectivity index (χ0v) is 11.0. The fourth-order valence-corrected chi connectivity index (χ4v) is 2.87. The van der Waals surface area contributed by atoms with Gasteiger partial charge in [0.1, 0.15) is 0 Å². The normalized spacial score (nSPS) is 10.9. The standard InChI is InChI=1S/C13H20NOP/c1-3-4-7-10-16-12-9-6-5-8-11(12)13(15)14-2/h5-6,8-9,16H,3-4,7,10H2,1-2H3,(H,14,15). The average molecular weight is 237 g/mol. The lowest BCUT2D eigenvalue weighted by Gasteiger charge is -2.07. The predicted molar refractivity (Wildman–Crippen MR) is 72.2 cm³/mol. The molecule has 0 bridgehead atoms. The molecular formula is C13H20NOP. The van der Waals surface area contributed by atoms with Crippen LogP contribution in [0.1, 0.15) is 36.5 Å². The first-order valence-electron chi connectivity index (χ1n) is 5.84. The molecule has 1 amide bonds. The van der Waals surface area contributed by atoms with Gasteiger partial charge < -0.3 is 5.32 Å². The molecule has 0 aliphatic rings. The molecule has 0 aromatic heterocycles. The molecule has 0 radical (unpaired) electrons. The summed E-state index contributed by atoms with van der Waals surface area (Å²) in [6.45, 7) is 2.21. The van der Waals surface area contributed by atoms with Crippen LogP contribution >= 0.6 is 8.58 Å². The zero-order valence-electron chi connectivity index (χ0n) is 10.0. The largest absolute Gasteiger partial charge is 0.355 e. The first kappa shape index (κ1) is 13.2. The van der Waals surface area contributed by atoms with E-state index in [1.807, 2.05) is 18.2 Å². The van der Waals surface area contributed by atoms with Crippen LogP contribution in [0.4, 0.5) is 0 Å². The van der Waals surface area contributed by atoms with E-state index in [1.54, 1.807) is 7.05 Å². The average Bonchev–Trinajstić information content (AvgIpc) is 2.34. The molecule has 1 aromatic rings. The minimum Gasteiger partial charge on any atom is -0.355 e. The van der Waals surface area contributed by atoms with Gasteiger partial charge in [-0.1, -0.05) is 46.5 Å². The topological polar surface area (TPSA) is 29.1 Å². The highest BCUT2D eigenvalue weighted by Gasteiger charge is 2.07. The maximum Gasteiger partial charge on any atom is 0.251 e. The first-order valence-corrected chi connectivity index (χ1v) is 7.05. The third kappa shape index (κ3) is 3.94. The molecule has 0 aliphatic heterocycles. The molecule has 0 saturated carbocycles. The van der Waals surface area contributed by atoms with E-state index in [4.69, 9.17) is 0 Å². The van der Waals surface area contributed by atoms with E-state index in [-0.39, 0.29) is 5.91 Å². The van der Waals surface area contributed by atoms with E-state index in [0.29, 0.717) is 0 Å². The van der Waals surface area contributed by atoms with Crippen molar-refractivity contribution in [1.82, 2.24) is 5.32 Å². The molecule has 1 rings (SSSR count). The van der Waals surface area contributed by atoms with Crippen molar-refractivity contribution in [3.63, 3.8) is 0 Å². The molecule has 2 nitrogen and oxygen atoms in total. The van der Waals surface area contributed by atoms with Crippen molar-refractivity contribution in [2.75, 3.05) is 13.2 Å². The van der Waals surface area contributed by atoms with Gasteiger partial charge in [-0.3, -0.25) is 4.79 Å². The van der Waals surface area contributed by atoms with Crippen molar-refractivity contribution in [2.24, 2.45) is 0 Å². The molecule has 16 heavy (non-hydrogen) atoms. The van der Waals surface area contributed by atoms with Crippen LogP contribution < -0.4 is 10.6 Å². The van der Waals surface area contributed by atoms with Gasteiger partial charge in [0.25, 0.3) is 5.91 Å². The molecule has 3 heteroatoms. The molecule has 0 fully saturated rings. The van der Waals surface area contributed by atoms with E-state index < -0.39 is 0 Å². The Balaban J connectivity index is 2.60. The SMILES string of the molecule is CCCCCPc1ccccc1C(=O)NC. The Hall–Kier alpha value is -0.880. The lowest BCUT2D eigenvalue weighted by atomic mass is 10.2. The third-order valence-corrected chi connectivity index (χ3v) is 3.91. The minimum absolute atomic E-state index is 0.0265. The van der Waals surface area contributed by atoms with Crippen LogP contribution in [-0.4, -0.2) is 19.1 Å². The van der Waals surface area contributed by atoms with Gasteiger partial charge in [-0.05, 0) is 24.0 Å². The number of rotatable bonds is 6. The van der Waals surface area contributed by atoms with Crippen LogP contribution in [0, 0.1) is 0 Å². The van der Waals surface area contributed by atoms with Crippen molar-refractivity contribution in [2.45, 2.75) is 26.2 Å². The monoisotopic (exact) mass is 237 g/mol. The Labute approximate surface area is 99.6 Å². The second-order valence-corrected chi connectivity index (χ2v) is 5.15. The van der Waals surface area contributed by atoms with Crippen LogP contribution in [0.25, 0.3) is 0 Å². The van der Waals surface area contributed by atoms with Gasteiger partial charge in [-0.15, -0.1) is 0 Å². The number of unbranched alkanes of at least 4 members (excludes halogenated alkanes) is 2. The fourth-order valence-electron chi connectivity index (χ4n) is 1.57. The summed E-state index contributed by atoms with van der Waals surface area (Å²) in [5, 5.41) is 3.88. The first-order chi connectivity index (χ1) is 7.79. The Morgan fingerprint density at radius 2 is 2.06 bits per heavy atom. The number of hydrogen-bond donors (Lipinski definition) is 1. The molecule has 0 heterocycles. The van der Waals surface area contributed by atoms with E-state index in [0.717, 1.165) is 14.1 Å². The summed E-state index contributed by atoms with van der Waals surface area (Å²) in [4.78, 5) is 11.6. The smallest absolute Gasteiger partial charge is 0.251 e.